The number of carbonyl (C=O) groups is 2. The largest absolute Gasteiger partial charge is 0.350 e. The van der Waals surface area contributed by atoms with Crippen LogP contribution in [0.25, 0.3) is 0 Å². The van der Waals surface area contributed by atoms with Gasteiger partial charge in [0.1, 0.15) is 6.04 Å². The number of benzene rings is 2. The van der Waals surface area contributed by atoms with Crippen molar-refractivity contribution in [3.8, 4) is 0 Å². The molecule has 0 heterocycles. The minimum Gasteiger partial charge on any atom is -0.350 e. The Bertz CT molecular complexity index is 894. The summed E-state index contributed by atoms with van der Waals surface area (Å²) in [7, 11) is 0. The first-order valence-corrected chi connectivity index (χ1v) is 12.1. The lowest BCUT2D eigenvalue weighted by Gasteiger charge is -2.33. The van der Waals surface area contributed by atoms with Gasteiger partial charge in [0.2, 0.25) is 11.8 Å². The molecular formula is C23H27Cl3N2O2S. The molecule has 31 heavy (non-hydrogen) atoms. The van der Waals surface area contributed by atoms with Gasteiger partial charge in [-0.2, -0.15) is 0 Å². The fourth-order valence-electron chi connectivity index (χ4n) is 2.98. The lowest BCUT2D eigenvalue weighted by molar-refractivity contribution is -0.140. The average molecular weight is 502 g/mol. The standard InChI is InChI=1S/C23H27Cl3N2O2S/c1-5-20(22(30)27-23(2,3)4)28(13-17-18(25)7-6-8-19(17)26)21(29)14-31-16-11-9-15(24)10-12-16/h6-12,20H,5,13-14H2,1-4H3,(H,27,30)/t20-/m1/s1. The Morgan fingerprint density at radius 1 is 1.03 bits per heavy atom. The smallest absolute Gasteiger partial charge is 0.243 e. The van der Waals surface area contributed by atoms with Crippen LogP contribution in [-0.4, -0.2) is 34.0 Å². The van der Waals surface area contributed by atoms with Crippen LogP contribution in [0.5, 0.6) is 0 Å². The first-order valence-electron chi connectivity index (χ1n) is 9.94. The number of amides is 2. The van der Waals surface area contributed by atoms with Crippen LogP contribution in [-0.2, 0) is 16.1 Å². The quantitative estimate of drug-likeness (QED) is 0.422. The van der Waals surface area contributed by atoms with E-state index in [1.54, 1.807) is 35.2 Å². The zero-order valence-corrected chi connectivity index (χ0v) is 21.1. The zero-order valence-electron chi connectivity index (χ0n) is 18.0. The molecule has 2 aromatic carbocycles. The fraction of sp³-hybridized carbons (Fsp3) is 0.391. The van der Waals surface area contributed by atoms with Gasteiger partial charge in [0, 0.05) is 37.6 Å². The second kappa shape index (κ2) is 11.5. The predicted molar refractivity (Wildman–Crippen MR) is 131 cm³/mol. The molecule has 4 nitrogen and oxygen atoms in total. The van der Waals surface area contributed by atoms with Gasteiger partial charge >= 0.3 is 0 Å². The van der Waals surface area contributed by atoms with Crippen molar-refractivity contribution in [2.45, 2.75) is 57.1 Å². The Kier molecular flexibility index (Phi) is 9.56. The molecule has 2 amide bonds. The Balaban J connectivity index is 2.29. The maximum absolute atomic E-state index is 13.3. The predicted octanol–water partition coefficient (Wildman–Crippen LogP) is 6.46. The maximum atomic E-state index is 13.3. The molecular weight excluding hydrogens is 475 g/mol. The minimum absolute atomic E-state index is 0.147. The summed E-state index contributed by atoms with van der Waals surface area (Å²) < 4.78 is 0. The molecule has 0 aliphatic heterocycles. The van der Waals surface area contributed by atoms with Gasteiger partial charge < -0.3 is 10.2 Å². The third kappa shape index (κ3) is 7.90. The fourth-order valence-corrected chi connectivity index (χ4v) is 4.41. The zero-order chi connectivity index (χ0) is 23.2. The summed E-state index contributed by atoms with van der Waals surface area (Å²) in [5.74, 6) is -0.210. The highest BCUT2D eigenvalue weighted by molar-refractivity contribution is 8.00. The number of nitrogens with zero attached hydrogens (tertiary/aromatic N) is 1. The molecule has 0 radical (unpaired) electrons. The van der Waals surface area contributed by atoms with Gasteiger partial charge in [-0.1, -0.05) is 47.8 Å². The summed E-state index contributed by atoms with van der Waals surface area (Å²) in [6, 6.07) is 11.8. The Morgan fingerprint density at radius 2 is 1.61 bits per heavy atom. The highest BCUT2D eigenvalue weighted by Gasteiger charge is 2.31. The van der Waals surface area contributed by atoms with Gasteiger partial charge in [0.05, 0.1) is 5.75 Å². The summed E-state index contributed by atoms with van der Waals surface area (Å²) in [6.07, 6.45) is 0.460. The second-order valence-corrected chi connectivity index (χ2v) is 10.4. The van der Waals surface area contributed by atoms with Gasteiger partial charge in [0.15, 0.2) is 0 Å². The van der Waals surface area contributed by atoms with Crippen LogP contribution in [0.2, 0.25) is 15.1 Å². The monoisotopic (exact) mass is 500 g/mol. The number of halogens is 3. The van der Waals surface area contributed by atoms with E-state index >= 15 is 0 Å². The summed E-state index contributed by atoms with van der Waals surface area (Å²) in [6.45, 7) is 7.75. The van der Waals surface area contributed by atoms with E-state index in [0.717, 1.165) is 4.90 Å². The number of rotatable bonds is 8. The number of hydrogen-bond donors (Lipinski definition) is 1. The third-order valence-electron chi connectivity index (χ3n) is 4.45. The number of thioether (sulfide) groups is 1. The topological polar surface area (TPSA) is 49.4 Å². The average Bonchev–Trinajstić information content (AvgIpc) is 2.68. The van der Waals surface area contributed by atoms with Crippen LogP contribution in [0.1, 0.15) is 39.7 Å². The van der Waals surface area contributed by atoms with Crippen molar-refractivity contribution < 1.29 is 9.59 Å². The van der Waals surface area contributed by atoms with Crippen molar-refractivity contribution in [2.75, 3.05) is 5.75 Å². The first kappa shape index (κ1) is 25.9. The van der Waals surface area contributed by atoms with Crippen molar-refractivity contribution in [1.82, 2.24) is 10.2 Å². The number of nitrogens with one attached hydrogen (secondary N) is 1. The lowest BCUT2D eigenvalue weighted by atomic mass is 10.1. The molecule has 1 N–H and O–H groups in total. The van der Waals surface area contributed by atoms with Gasteiger partial charge in [-0.05, 0) is 63.6 Å². The van der Waals surface area contributed by atoms with Crippen molar-refractivity contribution in [3.05, 3.63) is 63.1 Å². The molecule has 0 fully saturated rings. The van der Waals surface area contributed by atoms with Crippen LogP contribution in [0, 0.1) is 0 Å². The molecule has 0 aliphatic rings. The highest BCUT2D eigenvalue weighted by atomic mass is 35.5. The third-order valence-corrected chi connectivity index (χ3v) is 6.41. The van der Waals surface area contributed by atoms with E-state index in [9.17, 15) is 9.59 Å². The van der Waals surface area contributed by atoms with Crippen molar-refractivity contribution in [2.24, 2.45) is 0 Å². The van der Waals surface area contributed by atoms with Crippen LogP contribution in [0.3, 0.4) is 0 Å². The second-order valence-electron chi connectivity index (χ2n) is 8.13. The van der Waals surface area contributed by atoms with Gasteiger partial charge in [-0.15, -0.1) is 11.8 Å². The number of hydrogen-bond acceptors (Lipinski definition) is 3. The van der Waals surface area contributed by atoms with Gasteiger partial charge in [-0.25, -0.2) is 0 Å². The maximum Gasteiger partial charge on any atom is 0.243 e. The van der Waals surface area contributed by atoms with Crippen LogP contribution >= 0.6 is 46.6 Å². The van der Waals surface area contributed by atoms with E-state index in [2.05, 4.69) is 5.32 Å². The molecule has 0 saturated heterocycles. The van der Waals surface area contributed by atoms with E-state index in [4.69, 9.17) is 34.8 Å². The van der Waals surface area contributed by atoms with Crippen molar-refractivity contribution in [1.29, 1.82) is 0 Å². The molecule has 0 unspecified atom stereocenters. The molecule has 0 bridgehead atoms. The first-order chi connectivity index (χ1) is 14.5. The Labute approximate surface area is 203 Å². The Hall–Kier alpha value is -1.40. The van der Waals surface area contributed by atoms with Crippen molar-refractivity contribution >= 4 is 58.4 Å². The highest BCUT2D eigenvalue weighted by Crippen LogP contribution is 2.28. The molecule has 0 spiro atoms. The van der Waals surface area contributed by atoms with Crippen LogP contribution in [0.4, 0.5) is 0 Å². The molecule has 0 saturated carbocycles. The summed E-state index contributed by atoms with van der Waals surface area (Å²) >= 11 is 20.0. The van der Waals surface area contributed by atoms with E-state index in [1.165, 1.54) is 11.8 Å². The molecule has 168 valence electrons. The lowest BCUT2D eigenvalue weighted by Crippen LogP contribution is -2.53. The van der Waals surface area contributed by atoms with Crippen molar-refractivity contribution in [3.63, 3.8) is 0 Å². The summed E-state index contributed by atoms with van der Waals surface area (Å²) in [5.41, 5.74) is 0.206. The van der Waals surface area contributed by atoms with E-state index in [0.29, 0.717) is 27.1 Å². The van der Waals surface area contributed by atoms with E-state index < -0.39 is 11.6 Å². The van der Waals surface area contributed by atoms with Crippen LogP contribution in [0.15, 0.2) is 47.4 Å². The SMILES string of the molecule is CC[C@H](C(=O)NC(C)(C)C)N(Cc1c(Cl)cccc1Cl)C(=O)CSc1ccc(Cl)cc1. The van der Waals surface area contributed by atoms with E-state index in [1.807, 2.05) is 39.8 Å². The molecule has 2 rings (SSSR count). The molecule has 0 aliphatic carbocycles. The summed E-state index contributed by atoms with van der Waals surface area (Å²) in [5, 5.41) is 4.53. The summed E-state index contributed by atoms with van der Waals surface area (Å²) in [4.78, 5) is 28.8. The molecule has 1 atom stereocenters. The normalized spacial score (nSPS) is 12.4. The van der Waals surface area contributed by atoms with Gasteiger partial charge in [-0.3, -0.25) is 9.59 Å². The van der Waals surface area contributed by atoms with E-state index in [-0.39, 0.29) is 24.1 Å². The minimum atomic E-state index is -0.648. The number of carbonyl (C=O) groups excluding carboxylic acids is 2. The van der Waals surface area contributed by atoms with Gasteiger partial charge in [0.25, 0.3) is 0 Å². The molecule has 0 aromatic heterocycles. The Morgan fingerprint density at radius 3 is 2.13 bits per heavy atom. The van der Waals surface area contributed by atoms with Crippen LogP contribution < -0.4 is 5.32 Å². The molecule has 8 heteroatoms. The molecule has 2 aromatic rings.